The number of hydrogen-bond donors (Lipinski definition) is 2. The molecule has 0 aromatic carbocycles. The van der Waals surface area contributed by atoms with E-state index in [0.29, 0.717) is 0 Å². The molecule has 0 saturated carbocycles. The molecule has 1 rings (SSSR count). The first kappa shape index (κ1) is 17.6. The van der Waals surface area contributed by atoms with Gasteiger partial charge >= 0.3 is 0 Å². The van der Waals surface area contributed by atoms with Crippen LogP contribution in [0.1, 0.15) is 41.0 Å². The summed E-state index contributed by atoms with van der Waals surface area (Å²) in [7, 11) is 0. The summed E-state index contributed by atoms with van der Waals surface area (Å²) in [4.78, 5) is 7.19. The highest BCUT2D eigenvalue weighted by atomic mass is 32.2. The van der Waals surface area contributed by atoms with Crippen molar-refractivity contribution in [2.24, 2.45) is 4.99 Å². The van der Waals surface area contributed by atoms with Crippen LogP contribution in [-0.4, -0.2) is 60.1 Å². The van der Waals surface area contributed by atoms with Crippen molar-refractivity contribution in [1.29, 1.82) is 0 Å². The molecule has 0 aliphatic carbocycles. The Balaban J connectivity index is 2.49. The van der Waals surface area contributed by atoms with Gasteiger partial charge in [0.15, 0.2) is 5.96 Å². The van der Waals surface area contributed by atoms with Gasteiger partial charge in [-0.3, -0.25) is 4.99 Å². The second-order valence-corrected chi connectivity index (χ2v) is 7.67. The van der Waals surface area contributed by atoms with Gasteiger partial charge in [-0.15, -0.1) is 0 Å². The quantitative estimate of drug-likeness (QED) is 0.464. The number of rotatable bonds is 5. The summed E-state index contributed by atoms with van der Waals surface area (Å²) in [6.45, 7) is 15.9. The van der Waals surface area contributed by atoms with Crippen molar-refractivity contribution in [3.63, 3.8) is 0 Å². The van der Waals surface area contributed by atoms with Crippen LogP contribution >= 0.6 is 11.8 Å². The zero-order valence-electron chi connectivity index (χ0n) is 13.8. The first-order valence-electron chi connectivity index (χ1n) is 7.86. The van der Waals surface area contributed by atoms with Gasteiger partial charge in [0.05, 0.1) is 6.54 Å². The van der Waals surface area contributed by atoms with Crippen LogP contribution in [-0.2, 0) is 0 Å². The lowest BCUT2D eigenvalue weighted by molar-refractivity contribution is 0.404. The average Bonchev–Trinajstić information content (AvgIpc) is 2.41. The highest BCUT2D eigenvalue weighted by molar-refractivity contribution is 8.00. The Kier molecular flexibility index (Phi) is 7.74. The fourth-order valence-electron chi connectivity index (χ4n) is 2.18. The predicted octanol–water partition coefficient (Wildman–Crippen LogP) is 2.17. The molecule has 1 fully saturated rings. The molecule has 1 heterocycles. The van der Waals surface area contributed by atoms with Gasteiger partial charge in [0.25, 0.3) is 0 Å². The van der Waals surface area contributed by atoms with Gasteiger partial charge < -0.3 is 15.5 Å². The lowest BCUT2D eigenvalue weighted by Crippen LogP contribution is -2.48. The molecule has 0 aromatic rings. The summed E-state index contributed by atoms with van der Waals surface area (Å²) >= 11 is 2.10. The van der Waals surface area contributed by atoms with Gasteiger partial charge in [0.1, 0.15) is 0 Å². The fraction of sp³-hybridized carbons (Fsp3) is 0.933. The first-order valence-corrected chi connectivity index (χ1v) is 8.91. The Morgan fingerprint density at radius 1 is 1.35 bits per heavy atom. The Hall–Kier alpha value is -0.420. The molecule has 0 aromatic heterocycles. The smallest absolute Gasteiger partial charge is 0.194 e. The lowest BCUT2D eigenvalue weighted by Gasteiger charge is -2.34. The van der Waals surface area contributed by atoms with Crippen LogP contribution in [0.4, 0.5) is 0 Å². The van der Waals surface area contributed by atoms with Crippen LogP contribution in [0.25, 0.3) is 0 Å². The van der Waals surface area contributed by atoms with Crippen molar-refractivity contribution >= 4 is 17.7 Å². The minimum Gasteiger partial charge on any atom is -0.357 e. The third-order valence-corrected chi connectivity index (χ3v) is 4.63. The van der Waals surface area contributed by atoms with Gasteiger partial charge in [-0.1, -0.05) is 6.92 Å². The molecule has 1 aliphatic rings. The lowest BCUT2D eigenvalue weighted by atomic mass is 10.1. The van der Waals surface area contributed by atoms with Gasteiger partial charge in [-0.05, 0) is 34.1 Å². The molecule has 1 aliphatic heterocycles. The molecule has 0 amide bonds. The molecule has 1 atom stereocenters. The molecule has 0 bridgehead atoms. The maximum Gasteiger partial charge on any atom is 0.194 e. The van der Waals surface area contributed by atoms with Crippen LogP contribution in [0.5, 0.6) is 0 Å². The second kappa shape index (κ2) is 8.78. The summed E-state index contributed by atoms with van der Waals surface area (Å²) in [5.41, 5.74) is 0.170. The van der Waals surface area contributed by atoms with Crippen molar-refractivity contribution in [3.05, 3.63) is 0 Å². The van der Waals surface area contributed by atoms with Crippen molar-refractivity contribution in [3.8, 4) is 0 Å². The van der Waals surface area contributed by atoms with E-state index in [1.54, 1.807) is 0 Å². The normalized spacial score (nSPS) is 21.1. The van der Waals surface area contributed by atoms with E-state index in [0.717, 1.165) is 43.9 Å². The highest BCUT2D eigenvalue weighted by Crippen LogP contribution is 2.20. The number of aliphatic imine (C=N–C) groups is 1. The Labute approximate surface area is 129 Å². The molecule has 2 N–H and O–H groups in total. The van der Waals surface area contributed by atoms with Crippen LogP contribution in [0.3, 0.4) is 0 Å². The van der Waals surface area contributed by atoms with Crippen LogP contribution in [0, 0.1) is 0 Å². The molecule has 118 valence electrons. The molecule has 4 nitrogen and oxygen atoms in total. The zero-order chi connectivity index (χ0) is 15.0. The topological polar surface area (TPSA) is 39.7 Å². The SMILES string of the molecule is CCNC(=NCCNC(C)(C)C)N1CCSC(CC)C1. The number of nitrogens with zero attached hydrogens (tertiary/aromatic N) is 2. The Morgan fingerprint density at radius 2 is 2.10 bits per heavy atom. The van der Waals surface area contributed by atoms with E-state index in [4.69, 9.17) is 4.99 Å². The van der Waals surface area contributed by atoms with E-state index in [1.165, 1.54) is 12.2 Å². The number of nitrogens with one attached hydrogen (secondary N) is 2. The zero-order valence-corrected chi connectivity index (χ0v) is 14.6. The minimum absolute atomic E-state index is 0.170. The van der Waals surface area contributed by atoms with E-state index < -0.39 is 0 Å². The predicted molar refractivity (Wildman–Crippen MR) is 91.8 cm³/mol. The van der Waals surface area contributed by atoms with Gasteiger partial charge in [0.2, 0.25) is 0 Å². The summed E-state index contributed by atoms with van der Waals surface area (Å²) in [6.07, 6.45) is 1.24. The summed E-state index contributed by atoms with van der Waals surface area (Å²) in [5.74, 6) is 2.30. The molecule has 1 saturated heterocycles. The summed E-state index contributed by atoms with van der Waals surface area (Å²) in [6, 6.07) is 0. The molecule has 0 radical (unpaired) electrons. The summed E-state index contributed by atoms with van der Waals surface area (Å²) in [5, 5.41) is 7.67. The standard InChI is InChI=1S/C15H32N4S/c1-6-13-12-19(10-11-20-13)14(16-7-2)17-8-9-18-15(3,4)5/h13,18H,6-12H2,1-5H3,(H,16,17). The average molecular weight is 301 g/mol. The molecular weight excluding hydrogens is 268 g/mol. The summed E-state index contributed by atoms with van der Waals surface area (Å²) < 4.78 is 0. The van der Waals surface area contributed by atoms with Crippen LogP contribution in [0.2, 0.25) is 0 Å². The third kappa shape index (κ3) is 6.84. The number of guanidine groups is 1. The van der Waals surface area contributed by atoms with Crippen LogP contribution < -0.4 is 10.6 Å². The van der Waals surface area contributed by atoms with Crippen molar-refractivity contribution in [1.82, 2.24) is 15.5 Å². The molecule has 0 spiro atoms. The number of thioether (sulfide) groups is 1. The fourth-order valence-corrected chi connectivity index (χ4v) is 3.36. The minimum atomic E-state index is 0.170. The van der Waals surface area contributed by atoms with Gasteiger partial charge in [0, 0.05) is 42.7 Å². The monoisotopic (exact) mass is 300 g/mol. The Morgan fingerprint density at radius 3 is 2.70 bits per heavy atom. The van der Waals surface area contributed by atoms with Crippen LogP contribution in [0.15, 0.2) is 4.99 Å². The maximum atomic E-state index is 4.77. The van der Waals surface area contributed by atoms with Crippen molar-refractivity contribution in [2.75, 3.05) is 38.5 Å². The highest BCUT2D eigenvalue weighted by Gasteiger charge is 2.21. The molecule has 20 heavy (non-hydrogen) atoms. The van der Waals surface area contributed by atoms with Crippen molar-refractivity contribution < 1.29 is 0 Å². The van der Waals surface area contributed by atoms with E-state index >= 15 is 0 Å². The van der Waals surface area contributed by atoms with E-state index in [2.05, 4.69) is 61.9 Å². The first-order chi connectivity index (χ1) is 9.46. The van der Waals surface area contributed by atoms with Gasteiger partial charge in [-0.25, -0.2) is 0 Å². The molecule has 5 heteroatoms. The van der Waals surface area contributed by atoms with E-state index in [9.17, 15) is 0 Å². The largest absolute Gasteiger partial charge is 0.357 e. The molecule has 1 unspecified atom stereocenters. The maximum absolute atomic E-state index is 4.77. The molecular formula is C15H32N4S. The van der Waals surface area contributed by atoms with E-state index in [1.807, 2.05) is 0 Å². The Bertz CT molecular complexity index is 299. The second-order valence-electron chi connectivity index (χ2n) is 6.26. The van der Waals surface area contributed by atoms with Gasteiger partial charge in [-0.2, -0.15) is 11.8 Å². The third-order valence-electron chi connectivity index (χ3n) is 3.26. The van der Waals surface area contributed by atoms with Crippen molar-refractivity contribution in [2.45, 2.75) is 51.8 Å². The van der Waals surface area contributed by atoms with E-state index in [-0.39, 0.29) is 5.54 Å². The number of hydrogen-bond acceptors (Lipinski definition) is 3.